The summed E-state index contributed by atoms with van der Waals surface area (Å²) in [5, 5.41) is 2.09. The Morgan fingerprint density at radius 3 is 2.32 bits per heavy atom. The smallest absolute Gasteiger partial charge is 0.295 e. The van der Waals surface area contributed by atoms with Gasteiger partial charge in [0.2, 0.25) is 5.91 Å². The predicted octanol–water partition coefficient (Wildman–Crippen LogP) is 4.31. The van der Waals surface area contributed by atoms with Crippen LogP contribution in [0.5, 0.6) is 0 Å². The second-order valence-corrected chi connectivity index (χ2v) is 7.15. The highest BCUT2D eigenvalue weighted by atomic mass is 19.3. The molecule has 5 nitrogen and oxygen atoms in total. The maximum atomic E-state index is 13.9. The lowest BCUT2D eigenvalue weighted by Crippen LogP contribution is -2.57. The van der Waals surface area contributed by atoms with E-state index in [1.807, 2.05) is 0 Å². The molecule has 2 amide bonds. The van der Waals surface area contributed by atoms with Crippen LogP contribution in [0.1, 0.15) is 19.4 Å². The third-order valence-corrected chi connectivity index (χ3v) is 4.83. The van der Waals surface area contributed by atoms with E-state index in [1.54, 1.807) is 18.2 Å². The number of benzene rings is 2. The van der Waals surface area contributed by atoms with E-state index in [-0.39, 0.29) is 5.56 Å². The molecule has 3 rings (SSSR count). The number of amides is 2. The molecule has 31 heavy (non-hydrogen) atoms. The molecule has 0 spiro atoms. The standard InChI is InChI=1S/C21H17F5N2O3/c1-21(2,20(30)27-13-9-8-12(22)15(23)16(13)24)28-10-31-17(18(25)26)14(19(28)29)11-6-4-3-5-7-11/h3-9,18H,10H2,1-2H3,(H,27,30). The van der Waals surface area contributed by atoms with E-state index in [0.29, 0.717) is 6.07 Å². The maximum absolute atomic E-state index is 13.9. The SMILES string of the molecule is CC(C)(C(=O)Nc1ccc(F)c(F)c1F)N1COC(C(F)F)=C(c2ccccc2)C1=O. The highest BCUT2D eigenvalue weighted by Gasteiger charge is 2.44. The van der Waals surface area contributed by atoms with Gasteiger partial charge in [0, 0.05) is 0 Å². The third-order valence-electron chi connectivity index (χ3n) is 4.83. The molecule has 1 heterocycles. The molecule has 2 aromatic rings. The van der Waals surface area contributed by atoms with Gasteiger partial charge in [0.05, 0.1) is 11.3 Å². The third kappa shape index (κ3) is 4.10. The molecule has 0 aliphatic carbocycles. The van der Waals surface area contributed by atoms with Crippen molar-refractivity contribution in [3.8, 4) is 0 Å². The Hall–Kier alpha value is -3.43. The molecular formula is C21H17F5N2O3. The summed E-state index contributed by atoms with van der Waals surface area (Å²) in [5.74, 6) is -7.53. The molecular weight excluding hydrogens is 423 g/mol. The highest BCUT2D eigenvalue weighted by Crippen LogP contribution is 2.34. The number of nitrogens with zero attached hydrogens (tertiary/aromatic N) is 1. The summed E-state index contributed by atoms with van der Waals surface area (Å²) in [4.78, 5) is 26.8. The van der Waals surface area contributed by atoms with Crippen LogP contribution < -0.4 is 5.32 Å². The number of hydrogen-bond acceptors (Lipinski definition) is 3. The minimum Gasteiger partial charge on any atom is -0.470 e. The zero-order chi connectivity index (χ0) is 22.9. The van der Waals surface area contributed by atoms with Crippen molar-refractivity contribution < 1.29 is 36.3 Å². The van der Waals surface area contributed by atoms with Crippen molar-refractivity contribution in [3.05, 3.63) is 71.2 Å². The fourth-order valence-corrected chi connectivity index (χ4v) is 2.98. The Kier molecular flexibility index (Phi) is 6.01. The van der Waals surface area contributed by atoms with E-state index in [9.17, 15) is 31.5 Å². The van der Waals surface area contributed by atoms with Crippen molar-refractivity contribution in [1.29, 1.82) is 0 Å². The normalized spacial score (nSPS) is 14.7. The number of rotatable bonds is 5. The van der Waals surface area contributed by atoms with E-state index in [4.69, 9.17) is 4.74 Å². The van der Waals surface area contributed by atoms with Crippen molar-refractivity contribution in [2.24, 2.45) is 0 Å². The minimum atomic E-state index is -3.07. The Bertz CT molecular complexity index is 1050. The Morgan fingerprint density at radius 1 is 1.06 bits per heavy atom. The number of halogens is 5. The largest absolute Gasteiger partial charge is 0.470 e. The van der Waals surface area contributed by atoms with Gasteiger partial charge >= 0.3 is 0 Å². The molecule has 0 radical (unpaired) electrons. The minimum absolute atomic E-state index is 0.162. The lowest BCUT2D eigenvalue weighted by molar-refractivity contribution is -0.148. The van der Waals surface area contributed by atoms with Gasteiger partial charge in [0.15, 0.2) is 29.9 Å². The zero-order valence-electron chi connectivity index (χ0n) is 16.4. The number of nitrogens with one attached hydrogen (secondary N) is 1. The van der Waals surface area contributed by atoms with Crippen LogP contribution in [0.25, 0.3) is 5.57 Å². The van der Waals surface area contributed by atoms with Crippen LogP contribution in [-0.2, 0) is 14.3 Å². The Labute approximate surface area is 174 Å². The van der Waals surface area contributed by atoms with Crippen molar-refractivity contribution in [2.75, 3.05) is 12.0 Å². The fourth-order valence-electron chi connectivity index (χ4n) is 2.98. The average Bonchev–Trinajstić information content (AvgIpc) is 2.74. The lowest BCUT2D eigenvalue weighted by atomic mass is 9.96. The van der Waals surface area contributed by atoms with E-state index in [2.05, 4.69) is 5.32 Å². The molecule has 2 aromatic carbocycles. The quantitative estimate of drug-likeness (QED) is 0.557. The Balaban J connectivity index is 1.94. The van der Waals surface area contributed by atoms with Crippen LogP contribution in [0.3, 0.4) is 0 Å². The Morgan fingerprint density at radius 2 is 1.71 bits per heavy atom. The summed E-state index contributed by atoms with van der Waals surface area (Å²) in [7, 11) is 0. The first kappa shape index (κ1) is 22.3. The molecule has 1 aliphatic rings. The van der Waals surface area contributed by atoms with Crippen molar-refractivity contribution in [1.82, 2.24) is 4.90 Å². The van der Waals surface area contributed by atoms with Gasteiger partial charge in [-0.25, -0.2) is 22.0 Å². The summed E-state index contributed by atoms with van der Waals surface area (Å²) in [6.45, 7) is 1.88. The van der Waals surface area contributed by atoms with Gasteiger partial charge in [-0.1, -0.05) is 30.3 Å². The summed E-state index contributed by atoms with van der Waals surface area (Å²) >= 11 is 0. The van der Waals surface area contributed by atoms with Crippen LogP contribution in [-0.4, -0.2) is 35.4 Å². The van der Waals surface area contributed by atoms with Gasteiger partial charge in [-0.3, -0.25) is 14.5 Å². The molecule has 10 heteroatoms. The fraction of sp³-hybridized carbons (Fsp3) is 0.238. The lowest BCUT2D eigenvalue weighted by Gasteiger charge is -2.40. The molecule has 1 aliphatic heterocycles. The molecule has 0 saturated carbocycles. The van der Waals surface area contributed by atoms with Gasteiger partial charge in [-0.2, -0.15) is 0 Å². The van der Waals surface area contributed by atoms with E-state index < -0.39 is 65.0 Å². The van der Waals surface area contributed by atoms with Gasteiger partial charge < -0.3 is 10.1 Å². The molecule has 0 fully saturated rings. The zero-order valence-corrected chi connectivity index (χ0v) is 16.4. The molecule has 164 valence electrons. The summed E-state index contributed by atoms with van der Waals surface area (Å²) in [5.41, 5.74) is -2.63. The van der Waals surface area contributed by atoms with Gasteiger partial charge in [0.25, 0.3) is 12.3 Å². The van der Waals surface area contributed by atoms with Crippen LogP contribution >= 0.6 is 0 Å². The van der Waals surface area contributed by atoms with E-state index in [1.165, 1.54) is 26.0 Å². The highest BCUT2D eigenvalue weighted by molar-refractivity contribution is 6.22. The maximum Gasteiger partial charge on any atom is 0.295 e. The number of carbonyl (C=O) groups is 2. The molecule has 0 bridgehead atoms. The molecule has 0 unspecified atom stereocenters. The van der Waals surface area contributed by atoms with Crippen molar-refractivity contribution >= 4 is 23.1 Å². The first-order chi connectivity index (χ1) is 14.6. The molecule has 0 aromatic heterocycles. The first-order valence-electron chi connectivity index (χ1n) is 9.03. The second-order valence-electron chi connectivity index (χ2n) is 7.15. The number of ether oxygens (including phenoxy) is 1. The number of hydrogen-bond donors (Lipinski definition) is 1. The second kappa shape index (κ2) is 8.37. The molecule has 1 N–H and O–H groups in total. The monoisotopic (exact) mass is 440 g/mol. The van der Waals surface area contributed by atoms with Crippen LogP contribution in [0.15, 0.2) is 48.2 Å². The topological polar surface area (TPSA) is 58.6 Å². The van der Waals surface area contributed by atoms with Crippen molar-refractivity contribution in [3.63, 3.8) is 0 Å². The number of carbonyl (C=O) groups excluding carboxylic acids is 2. The first-order valence-corrected chi connectivity index (χ1v) is 9.03. The molecule has 0 saturated heterocycles. The summed E-state index contributed by atoms with van der Waals surface area (Å²) < 4.78 is 72.5. The average molecular weight is 440 g/mol. The van der Waals surface area contributed by atoms with Crippen LogP contribution in [0, 0.1) is 17.5 Å². The van der Waals surface area contributed by atoms with Gasteiger partial charge in [0.1, 0.15) is 5.54 Å². The number of allylic oxidation sites excluding steroid dienone is 1. The van der Waals surface area contributed by atoms with Crippen LogP contribution in [0.4, 0.5) is 27.6 Å². The van der Waals surface area contributed by atoms with Crippen LogP contribution in [0.2, 0.25) is 0 Å². The summed E-state index contributed by atoms with van der Waals surface area (Å²) in [6, 6.07) is 9.04. The summed E-state index contributed by atoms with van der Waals surface area (Å²) in [6.07, 6.45) is -3.07. The number of alkyl halides is 2. The number of anilines is 1. The predicted molar refractivity (Wildman–Crippen MR) is 101 cm³/mol. The van der Waals surface area contributed by atoms with E-state index >= 15 is 0 Å². The van der Waals surface area contributed by atoms with Crippen molar-refractivity contribution in [2.45, 2.75) is 25.8 Å². The molecule has 0 atom stereocenters. The van der Waals surface area contributed by atoms with Gasteiger partial charge in [-0.15, -0.1) is 0 Å². The van der Waals surface area contributed by atoms with Gasteiger partial charge in [-0.05, 0) is 31.5 Å². The van der Waals surface area contributed by atoms with E-state index in [0.717, 1.165) is 11.0 Å².